The summed E-state index contributed by atoms with van der Waals surface area (Å²) in [7, 11) is 0. The topological polar surface area (TPSA) is 34.9 Å². The van der Waals surface area contributed by atoms with Gasteiger partial charge < -0.3 is 0 Å². The van der Waals surface area contributed by atoms with Gasteiger partial charge in [0.15, 0.2) is 5.16 Å². The first-order valence-corrected chi connectivity index (χ1v) is 8.94. The fourth-order valence-electron chi connectivity index (χ4n) is 2.58. The van der Waals surface area contributed by atoms with Crippen molar-refractivity contribution in [2.24, 2.45) is 0 Å². The van der Waals surface area contributed by atoms with Crippen molar-refractivity contribution in [2.45, 2.75) is 31.5 Å². The highest BCUT2D eigenvalue weighted by Gasteiger charge is 2.10. The number of fused-ring (bicyclic) bond motifs is 1. The predicted octanol–water partition coefficient (Wildman–Crippen LogP) is 4.14. The van der Waals surface area contributed by atoms with Crippen LogP contribution >= 0.6 is 11.8 Å². The molecule has 0 aliphatic rings. The molecule has 3 rings (SSSR count). The molecule has 3 nitrogen and oxygen atoms in total. The van der Waals surface area contributed by atoms with Crippen LogP contribution in [0.4, 0.5) is 0 Å². The Kier molecular flexibility index (Phi) is 5.13. The molecule has 3 aromatic rings. The molecule has 118 valence electrons. The van der Waals surface area contributed by atoms with Gasteiger partial charge in [0.1, 0.15) is 0 Å². The van der Waals surface area contributed by atoms with Crippen molar-refractivity contribution in [1.82, 2.24) is 9.55 Å². The molecule has 2 aromatic carbocycles. The van der Waals surface area contributed by atoms with Crippen LogP contribution in [0.5, 0.6) is 0 Å². The highest BCUT2D eigenvalue weighted by atomic mass is 32.2. The van der Waals surface area contributed by atoms with E-state index in [4.69, 9.17) is 4.98 Å². The van der Waals surface area contributed by atoms with Gasteiger partial charge in [-0.3, -0.25) is 9.36 Å². The first-order valence-electron chi connectivity index (χ1n) is 7.96. The number of hydrogen-bond donors (Lipinski definition) is 0. The maximum atomic E-state index is 12.7. The Morgan fingerprint density at radius 1 is 1.04 bits per heavy atom. The number of aryl methyl sites for hydroxylation is 1. The van der Waals surface area contributed by atoms with Gasteiger partial charge in [0, 0.05) is 12.3 Å². The molecule has 23 heavy (non-hydrogen) atoms. The third-order valence-electron chi connectivity index (χ3n) is 3.74. The van der Waals surface area contributed by atoms with Gasteiger partial charge in [0.2, 0.25) is 0 Å². The summed E-state index contributed by atoms with van der Waals surface area (Å²) in [5.41, 5.74) is 2.16. The number of rotatable bonds is 6. The largest absolute Gasteiger partial charge is 0.287 e. The Balaban J connectivity index is 1.86. The van der Waals surface area contributed by atoms with E-state index in [2.05, 4.69) is 31.2 Å². The Labute approximate surface area is 140 Å². The molecule has 0 atom stereocenters. The third-order valence-corrected chi connectivity index (χ3v) is 4.72. The zero-order valence-corrected chi connectivity index (χ0v) is 14.1. The van der Waals surface area contributed by atoms with Crippen LogP contribution in [-0.2, 0) is 13.0 Å². The van der Waals surface area contributed by atoms with Crippen LogP contribution in [0, 0.1) is 0 Å². The van der Waals surface area contributed by atoms with E-state index in [9.17, 15) is 4.79 Å². The third kappa shape index (κ3) is 3.64. The van der Waals surface area contributed by atoms with Crippen LogP contribution in [0.15, 0.2) is 64.5 Å². The molecular formula is C19H20N2OS. The Bertz CT molecular complexity index is 843. The zero-order valence-electron chi connectivity index (χ0n) is 13.2. The number of hydrogen-bond acceptors (Lipinski definition) is 3. The summed E-state index contributed by atoms with van der Waals surface area (Å²) in [4.78, 5) is 17.4. The van der Waals surface area contributed by atoms with Gasteiger partial charge >= 0.3 is 0 Å². The quantitative estimate of drug-likeness (QED) is 0.505. The van der Waals surface area contributed by atoms with Crippen molar-refractivity contribution in [1.29, 1.82) is 0 Å². The van der Waals surface area contributed by atoms with Crippen LogP contribution in [0.2, 0.25) is 0 Å². The minimum Gasteiger partial charge on any atom is -0.287 e. The molecule has 0 spiro atoms. The maximum Gasteiger partial charge on any atom is 0.262 e. The fraction of sp³-hybridized carbons (Fsp3) is 0.263. The highest BCUT2D eigenvalue weighted by molar-refractivity contribution is 7.99. The summed E-state index contributed by atoms with van der Waals surface area (Å²) in [5, 5.41) is 1.53. The van der Waals surface area contributed by atoms with E-state index in [-0.39, 0.29) is 5.56 Å². The molecule has 1 aromatic heterocycles. The maximum absolute atomic E-state index is 12.7. The van der Waals surface area contributed by atoms with E-state index in [0.717, 1.165) is 29.3 Å². The summed E-state index contributed by atoms with van der Waals surface area (Å²) in [6.07, 6.45) is 1.90. The molecule has 4 heteroatoms. The SMILES string of the molecule is CCCn1c(SCCc2ccccc2)nc2ccccc2c1=O. The number of aromatic nitrogens is 2. The number of benzene rings is 2. The number of nitrogens with zero attached hydrogens (tertiary/aromatic N) is 2. The van der Waals surface area contributed by atoms with Gasteiger partial charge in [-0.25, -0.2) is 4.98 Å². The van der Waals surface area contributed by atoms with E-state index >= 15 is 0 Å². The lowest BCUT2D eigenvalue weighted by atomic mass is 10.2. The summed E-state index contributed by atoms with van der Waals surface area (Å²) >= 11 is 1.66. The first-order chi connectivity index (χ1) is 11.3. The summed E-state index contributed by atoms with van der Waals surface area (Å²) in [6.45, 7) is 2.80. The van der Waals surface area contributed by atoms with Crippen LogP contribution in [-0.4, -0.2) is 15.3 Å². The van der Waals surface area contributed by atoms with E-state index in [1.54, 1.807) is 11.8 Å². The molecule has 0 saturated carbocycles. The van der Waals surface area contributed by atoms with Crippen molar-refractivity contribution in [3.8, 4) is 0 Å². The monoisotopic (exact) mass is 324 g/mol. The Morgan fingerprint density at radius 3 is 2.57 bits per heavy atom. The van der Waals surface area contributed by atoms with Crippen molar-refractivity contribution in [3.05, 3.63) is 70.5 Å². The minimum atomic E-state index is 0.0691. The van der Waals surface area contributed by atoms with Gasteiger partial charge in [0.25, 0.3) is 5.56 Å². The molecule has 0 aliphatic carbocycles. The van der Waals surface area contributed by atoms with Crippen LogP contribution < -0.4 is 5.56 Å². The molecule has 0 N–H and O–H groups in total. The van der Waals surface area contributed by atoms with E-state index < -0.39 is 0 Å². The molecule has 0 aliphatic heterocycles. The predicted molar refractivity (Wildman–Crippen MR) is 97.2 cm³/mol. The average Bonchev–Trinajstić information content (AvgIpc) is 2.59. The van der Waals surface area contributed by atoms with Gasteiger partial charge in [-0.1, -0.05) is 61.2 Å². The number of para-hydroxylation sites is 1. The molecule has 1 heterocycles. The van der Waals surface area contributed by atoms with Crippen molar-refractivity contribution < 1.29 is 0 Å². The van der Waals surface area contributed by atoms with Crippen molar-refractivity contribution in [2.75, 3.05) is 5.75 Å². The first kappa shape index (κ1) is 15.8. The van der Waals surface area contributed by atoms with E-state index in [0.29, 0.717) is 11.9 Å². The highest BCUT2D eigenvalue weighted by Crippen LogP contribution is 2.19. The minimum absolute atomic E-state index is 0.0691. The van der Waals surface area contributed by atoms with Gasteiger partial charge in [-0.2, -0.15) is 0 Å². The lowest BCUT2D eigenvalue weighted by Gasteiger charge is -2.12. The summed E-state index contributed by atoms with van der Waals surface area (Å²) in [5.74, 6) is 0.915. The lowest BCUT2D eigenvalue weighted by molar-refractivity contribution is 0.585. The molecule has 0 saturated heterocycles. The molecule has 0 radical (unpaired) electrons. The van der Waals surface area contributed by atoms with Crippen LogP contribution in [0.1, 0.15) is 18.9 Å². The summed E-state index contributed by atoms with van der Waals surface area (Å²) < 4.78 is 1.82. The standard InChI is InChI=1S/C19H20N2OS/c1-2-13-21-18(22)16-10-6-7-11-17(16)20-19(21)23-14-12-15-8-4-3-5-9-15/h3-11H,2,12-14H2,1H3. The average molecular weight is 324 g/mol. The molecular weight excluding hydrogens is 304 g/mol. The van der Waals surface area contributed by atoms with Crippen molar-refractivity contribution in [3.63, 3.8) is 0 Å². The second-order valence-corrected chi connectivity index (χ2v) is 6.51. The Morgan fingerprint density at radius 2 is 1.78 bits per heavy atom. The molecule has 0 bridgehead atoms. The van der Waals surface area contributed by atoms with Crippen LogP contribution in [0.25, 0.3) is 10.9 Å². The van der Waals surface area contributed by atoms with Gasteiger partial charge in [-0.15, -0.1) is 0 Å². The lowest BCUT2D eigenvalue weighted by Crippen LogP contribution is -2.23. The Hall–Kier alpha value is -2.07. The van der Waals surface area contributed by atoms with E-state index in [1.165, 1.54) is 5.56 Å². The second kappa shape index (κ2) is 7.47. The van der Waals surface area contributed by atoms with Crippen molar-refractivity contribution >= 4 is 22.7 Å². The van der Waals surface area contributed by atoms with E-state index in [1.807, 2.05) is 34.9 Å². The van der Waals surface area contributed by atoms with Gasteiger partial charge in [0.05, 0.1) is 10.9 Å². The smallest absolute Gasteiger partial charge is 0.262 e. The summed E-state index contributed by atoms with van der Waals surface area (Å²) in [6, 6.07) is 18.0. The zero-order chi connectivity index (χ0) is 16.1. The molecule has 0 fully saturated rings. The molecule has 0 amide bonds. The number of thioether (sulfide) groups is 1. The van der Waals surface area contributed by atoms with Crippen LogP contribution in [0.3, 0.4) is 0 Å². The second-order valence-electron chi connectivity index (χ2n) is 5.45. The fourth-order valence-corrected chi connectivity index (χ4v) is 3.60. The van der Waals surface area contributed by atoms with Gasteiger partial charge in [-0.05, 0) is 30.5 Å². The normalized spacial score (nSPS) is 11.0. The molecule has 0 unspecified atom stereocenters.